The monoisotopic (exact) mass is 597 g/mol. The van der Waals surface area contributed by atoms with E-state index in [4.69, 9.17) is 28.4 Å². The number of hydrogen-bond acceptors (Lipinski definition) is 6. The molecule has 0 bridgehead atoms. The zero-order valence-corrected chi connectivity index (χ0v) is 28.5. The van der Waals surface area contributed by atoms with Gasteiger partial charge >= 0.3 is 0 Å². The van der Waals surface area contributed by atoms with Crippen molar-refractivity contribution in [2.24, 2.45) is 11.8 Å². The van der Waals surface area contributed by atoms with Crippen molar-refractivity contribution in [2.75, 3.05) is 39.6 Å². The van der Waals surface area contributed by atoms with Crippen molar-refractivity contribution in [3.8, 4) is 0 Å². The molecular weight excluding hydrogens is 528 g/mol. The molecule has 0 aromatic carbocycles. The van der Waals surface area contributed by atoms with E-state index in [0.717, 1.165) is 52.5 Å². The Bertz CT molecular complexity index is 628. The highest BCUT2D eigenvalue weighted by Crippen LogP contribution is 2.43. The highest BCUT2D eigenvalue weighted by Gasteiger charge is 2.54. The molecule has 0 spiro atoms. The highest BCUT2D eigenvalue weighted by atomic mass is 16.6. The predicted molar refractivity (Wildman–Crippen MR) is 171 cm³/mol. The first-order valence-electron chi connectivity index (χ1n) is 18.2. The third kappa shape index (κ3) is 12.3. The lowest BCUT2D eigenvalue weighted by Gasteiger charge is -2.26. The van der Waals surface area contributed by atoms with E-state index in [1.807, 2.05) is 0 Å². The molecule has 0 radical (unpaired) electrons. The Hall–Kier alpha value is -0.240. The minimum absolute atomic E-state index is 0.0164. The largest absolute Gasteiger partial charge is 0.375 e. The van der Waals surface area contributed by atoms with Crippen LogP contribution in [0.1, 0.15) is 144 Å². The van der Waals surface area contributed by atoms with E-state index >= 15 is 0 Å². The third-order valence-corrected chi connectivity index (χ3v) is 10.1. The molecule has 4 aliphatic heterocycles. The van der Waals surface area contributed by atoms with Crippen LogP contribution in [0.3, 0.4) is 0 Å². The SMILES string of the molecule is CCCCC(OC(CCCC)C1CO1)C1CO1.CCCCCC(CC)C1(COCC2(C(CC)CCCCC)CO2)CO1. The maximum atomic E-state index is 6.25. The summed E-state index contributed by atoms with van der Waals surface area (Å²) in [6.45, 7) is 18.7. The summed E-state index contributed by atoms with van der Waals surface area (Å²) < 4.78 is 35.1. The molecule has 4 saturated heterocycles. The molecular formula is C36H68O6. The van der Waals surface area contributed by atoms with Crippen molar-refractivity contribution in [1.82, 2.24) is 0 Å². The van der Waals surface area contributed by atoms with Gasteiger partial charge in [-0.3, -0.25) is 0 Å². The van der Waals surface area contributed by atoms with Crippen LogP contribution in [0.2, 0.25) is 0 Å². The quantitative estimate of drug-likeness (QED) is 0.0735. The van der Waals surface area contributed by atoms with Gasteiger partial charge in [0.1, 0.15) is 23.4 Å². The first-order valence-corrected chi connectivity index (χ1v) is 18.2. The van der Waals surface area contributed by atoms with Crippen LogP contribution in [0.5, 0.6) is 0 Å². The lowest BCUT2D eigenvalue weighted by molar-refractivity contribution is -0.0465. The molecule has 8 atom stereocenters. The fourth-order valence-electron chi connectivity index (χ4n) is 6.67. The second-order valence-electron chi connectivity index (χ2n) is 13.6. The molecule has 4 rings (SSSR count). The second kappa shape index (κ2) is 19.3. The Morgan fingerprint density at radius 2 is 0.952 bits per heavy atom. The maximum absolute atomic E-state index is 6.25. The summed E-state index contributed by atoms with van der Waals surface area (Å²) in [5, 5.41) is 0. The van der Waals surface area contributed by atoms with E-state index in [0.29, 0.717) is 36.3 Å². The maximum Gasteiger partial charge on any atom is 0.118 e. The average molecular weight is 597 g/mol. The van der Waals surface area contributed by atoms with E-state index in [9.17, 15) is 0 Å². The van der Waals surface area contributed by atoms with Crippen molar-refractivity contribution in [3.63, 3.8) is 0 Å². The molecule has 0 amide bonds. The number of rotatable bonds is 26. The number of unbranched alkanes of at least 4 members (excludes halogenated alkanes) is 6. The molecule has 248 valence electrons. The Kier molecular flexibility index (Phi) is 16.7. The Labute approximate surface area is 259 Å². The smallest absolute Gasteiger partial charge is 0.118 e. The van der Waals surface area contributed by atoms with Crippen LogP contribution >= 0.6 is 0 Å². The summed E-state index contributed by atoms with van der Waals surface area (Å²) in [6, 6.07) is 0. The minimum atomic E-state index is 0.0164. The van der Waals surface area contributed by atoms with Crippen LogP contribution in [-0.4, -0.2) is 75.3 Å². The predicted octanol–water partition coefficient (Wildman–Crippen LogP) is 8.67. The lowest BCUT2D eigenvalue weighted by Crippen LogP contribution is -2.35. The van der Waals surface area contributed by atoms with Crippen LogP contribution in [0.4, 0.5) is 0 Å². The molecule has 0 saturated carbocycles. The van der Waals surface area contributed by atoms with Crippen molar-refractivity contribution >= 4 is 0 Å². The minimum Gasteiger partial charge on any atom is -0.375 e. The van der Waals surface area contributed by atoms with E-state index in [1.165, 1.54) is 89.9 Å². The zero-order chi connectivity index (χ0) is 30.3. The van der Waals surface area contributed by atoms with Gasteiger partial charge in [0.15, 0.2) is 0 Å². The van der Waals surface area contributed by atoms with Crippen molar-refractivity contribution in [1.29, 1.82) is 0 Å². The van der Waals surface area contributed by atoms with Gasteiger partial charge in [-0.15, -0.1) is 0 Å². The molecule has 4 aliphatic rings. The van der Waals surface area contributed by atoms with Crippen molar-refractivity contribution in [2.45, 2.75) is 180 Å². The van der Waals surface area contributed by atoms with Crippen LogP contribution in [-0.2, 0) is 28.4 Å². The molecule has 8 unspecified atom stereocenters. The van der Waals surface area contributed by atoms with Crippen molar-refractivity contribution in [3.05, 3.63) is 0 Å². The zero-order valence-electron chi connectivity index (χ0n) is 28.5. The summed E-state index contributed by atoms with van der Waals surface area (Å²) in [5.41, 5.74) is 0.0327. The van der Waals surface area contributed by atoms with Gasteiger partial charge in [-0.25, -0.2) is 0 Å². The number of epoxide rings is 4. The van der Waals surface area contributed by atoms with E-state index in [-0.39, 0.29) is 11.2 Å². The van der Waals surface area contributed by atoms with Gasteiger partial charge in [-0.2, -0.15) is 0 Å². The molecule has 0 aliphatic carbocycles. The third-order valence-electron chi connectivity index (χ3n) is 10.1. The van der Waals surface area contributed by atoms with Gasteiger partial charge in [0.05, 0.1) is 51.8 Å². The average Bonchev–Trinajstić information content (AvgIpc) is 3.83. The topological polar surface area (TPSA) is 68.6 Å². The standard InChI is InChI=1S/C22H42O3.C14H26O3/c1-5-9-11-13-19(7-3)21(17-24-21)15-23-16-22(18-25-22)20(8-4)14-12-10-6-2;1-3-5-7-11(13-9-15-13)17-12(8-6-4-2)14-10-16-14/h19-20H,5-18H2,1-4H3;11-14H,3-10H2,1-2H3. The van der Waals surface area contributed by atoms with Gasteiger partial charge in [0, 0.05) is 0 Å². The molecule has 6 heteroatoms. The first kappa shape index (κ1) is 36.2. The summed E-state index contributed by atoms with van der Waals surface area (Å²) in [7, 11) is 0. The number of ether oxygens (including phenoxy) is 6. The van der Waals surface area contributed by atoms with E-state index in [2.05, 4.69) is 41.5 Å². The molecule has 4 fully saturated rings. The molecule has 6 nitrogen and oxygen atoms in total. The van der Waals surface area contributed by atoms with E-state index in [1.54, 1.807) is 0 Å². The highest BCUT2D eigenvalue weighted by molar-refractivity contribution is 5.01. The molecule has 0 aromatic rings. The van der Waals surface area contributed by atoms with Gasteiger partial charge in [0.2, 0.25) is 0 Å². The van der Waals surface area contributed by atoms with Crippen molar-refractivity contribution < 1.29 is 28.4 Å². The normalized spacial score (nSPS) is 30.1. The summed E-state index contributed by atoms with van der Waals surface area (Å²) in [5.74, 6) is 1.31. The summed E-state index contributed by atoms with van der Waals surface area (Å²) in [4.78, 5) is 0. The molecule has 0 aromatic heterocycles. The summed E-state index contributed by atoms with van der Waals surface area (Å²) in [6.07, 6.45) is 21.4. The fraction of sp³-hybridized carbons (Fsp3) is 1.00. The fourth-order valence-corrected chi connectivity index (χ4v) is 6.67. The lowest BCUT2D eigenvalue weighted by atomic mass is 9.85. The van der Waals surface area contributed by atoms with Crippen LogP contribution in [0.25, 0.3) is 0 Å². The second-order valence-corrected chi connectivity index (χ2v) is 13.6. The van der Waals surface area contributed by atoms with E-state index < -0.39 is 0 Å². The Morgan fingerprint density at radius 3 is 1.24 bits per heavy atom. The van der Waals surface area contributed by atoms with Crippen LogP contribution < -0.4 is 0 Å². The molecule has 42 heavy (non-hydrogen) atoms. The molecule has 4 heterocycles. The summed E-state index contributed by atoms with van der Waals surface area (Å²) >= 11 is 0. The Morgan fingerprint density at radius 1 is 0.571 bits per heavy atom. The van der Waals surface area contributed by atoms with Gasteiger partial charge in [0.25, 0.3) is 0 Å². The number of hydrogen-bond donors (Lipinski definition) is 0. The van der Waals surface area contributed by atoms with Gasteiger partial charge < -0.3 is 28.4 Å². The van der Waals surface area contributed by atoms with Gasteiger partial charge in [-0.05, 0) is 37.5 Å². The van der Waals surface area contributed by atoms with Crippen LogP contribution in [0.15, 0.2) is 0 Å². The molecule has 0 N–H and O–H groups in total. The van der Waals surface area contributed by atoms with Crippen LogP contribution in [0, 0.1) is 11.8 Å². The van der Waals surface area contributed by atoms with Gasteiger partial charge in [-0.1, -0.05) is 119 Å². The first-order chi connectivity index (χ1) is 20.5. The Balaban J connectivity index is 0.000000247.